The van der Waals surface area contributed by atoms with E-state index in [0.717, 1.165) is 19.6 Å². The number of fused-ring (bicyclic) bond motifs is 1. The van der Waals surface area contributed by atoms with Gasteiger partial charge in [-0.3, -0.25) is 4.79 Å². The second-order valence-electron chi connectivity index (χ2n) is 5.17. The third kappa shape index (κ3) is 1.91. The lowest BCUT2D eigenvalue weighted by atomic mass is 9.94. The van der Waals surface area contributed by atoms with Crippen LogP contribution in [-0.4, -0.2) is 21.9 Å². The average molecular weight is 206 g/mol. The third-order valence-electron chi connectivity index (χ3n) is 2.82. The minimum atomic E-state index is -0.269. The van der Waals surface area contributed by atoms with Crippen LogP contribution in [0, 0.1) is 5.41 Å². The molecule has 0 fully saturated rings. The van der Waals surface area contributed by atoms with Crippen molar-refractivity contribution in [1.82, 2.24) is 9.47 Å². The van der Waals surface area contributed by atoms with Crippen LogP contribution in [0.4, 0.5) is 0 Å². The van der Waals surface area contributed by atoms with E-state index in [1.165, 1.54) is 5.69 Å². The zero-order chi connectivity index (χ0) is 11.1. The molecule has 0 spiro atoms. The molecule has 0 bridgehead atoms. The Morgan fingerprint density at radius 3 is 2.73 bits per heavy atom. The van der Waals surface area contributed by atoms with Crippen molar-refractivity contribution < 1.29 is 4.79 Å². The largest absolute Gasteiger partial charge is 0.348 e. The highest BCUT2D eigenvalue weighted by molar-refractivity contribution is 5.81. The number of rotatable bonds is 0. The molecular formula is C12H18N2O. The Balaban J connectivity index is 2.14. The van der Waals surface area contributed by atoms with E-state index >= 15 is 0 Å². The summed E-state index contributed by atoms with van der Waals surface area (Å²) in [7, 11) is 0. The second-order valence-corrected chi connectivity index (χ2v) is 5.17. The van der Waals surface area contributed by atoms with Gasteiger partial charge in [0.2, 0.25) is 5.91 Å². The topological polar surface area (TPSA) is 25.2 Å². The predicted molar refractivity (Wildman–Crippen MR) is 59.3 cm³/mol. The first kappa shape index (κ1) is 10.3. The lowest BCUT2D eigenvalue weighted by Crippen LogP contribution is -2.43. The van der Waals surface area contributed by atoms with Gasteiger partial charge in [-0.15, -0.1) is 0 Å². The molecule has 1 aliphatic heterocycles. The van der Waals surface area contributed by atoms with Crippen molar-refractivity contribution >= 4 is 5.91 Å². The molecule has 1 aliphatic rings. The molecular weight excluding hydrogens is 188 g/mol. The van der Waals surface area contributed by atoms with E-state index in [9.17, 15) is 4.79 Å². The molecule has 3 nitrogen and oxygen atoms in total. The summed E-state index contributed by atoms with van der Waals surface area (Å²) in [6.45, 7) is 8.43. The van der Waals surface area contributed by atoms with E-state index in [-0.39, 0.29) is 11.3 Å². The lowest BCUT2D eigenvalue weighted by Gasteiger charge is -2.33. The molecule has 0 aliphatic carbocycles. The summed E-state index contributed by atoms with van der Waals surface area (Å²) >= 11 is 0. The number of aromatic nitrogens is 1. The lowest BCUT2D eigenvalue weighted by molar-refractivity contribution is -0.140. The number of hydrogen-bond donors (Lipinski definition) is 0. The molecule has 0 saturated carbocycles. The fourth-order valence-electron chi connectivity index (χ4n) is 1.96. The van der Waals surface area contributed by atoms with Crippen molar-refractivity contribution in [1.29, 1.82) is 0 Å². The van der Waals surface area contributed by atoms with E-state index in [1.54, 1.807) is 0 Å². The van der Waals surface area contributed by atoms with Crippen LogP contribution in [-0.2, 0) is 17.9 Å². The Bertz CT molecular complexity index is 373. The van der Waals surface area contributed by atoms with Crippen LogP contribution in [0.2, 0.25) is 0 Å². The molecule has 2 heterocycles. The molecule has 0 unspecified atom stereocenters. The summed E-state index contributed by atoms with van der Waals surface area (Å²) in [5, 5.41) is 0. The summed E-state index contributed by atoms with van der Waals surface area (Å²) in [4.78, 5) is 14.0. The Labute approximate surface area is 90.7 Å². The Morgan fingerprint density at radius 2 is 2.07 bits per heavy atom. The molecule has 15 heavy (non-hydrogen) atoms. The highest BCUT2D eigenvalue weighted by atomic mass is 16.2. The number of amides is 1. The van der Waals surface area contributed by atoms with Gasteiger partial charge in [-0.05, 0) is 12.1 Å². The molecule has 3 heteroatoms. The number of nitrogens with zero attached hydrogens (tertiary/aromatic N) is 2. The standard InChI is InChI=1S/C12H18N2O/c1-12(2,3)11(15)14-8-7-13-6-4-5-10(13)9-14/h4-6H,7-9H2,1-3H3. The van der Waals surface area contributed by atoms with Gasteiger partial charge < -0.3 is 9.47 Å². The van der Waals surface area contributed by atoms with Gasteiger partial charge in [0.05, 0.1) is 6.54 Å². The summed E-state index contributed by atoms with van der Waals surface area (Å²) in [5.74, 6) is 0.245. The zero-order valence-corrected chi connectivity index (χ0v) is 9.66. The fourth-order valence-corrected chi connectivity index (χ4v) is 1.96. The molecule has 0 saturated heterocycles. The van der Waals surface area contributed by atoms with Gasteiger partial charge in [0.25, 0.3) is 0 Å². The first-order chi connectivity index (χ1) is 6.98. The fraction of sp³-hybridized carbons (Fsp3) is 0.583. The van der Waals surface area contributed by atoms with Crippen LogP contribution >= 0.6 is 0 Å². The second kappa shape index (κ2) is 3.40. The van der Waals surface area contributed by atoms with Gasteiger partial charge in [-0.2, -0.15) is 0 Å². The molecule has 1 aromatic heterocycles. The highest BCUT2D eigenvalue weighted by Crippen LogP contribution is 2.21. The quantitative estimate of drug-likeness (QED) is 0.636. The summed E-state index contributed by atoms with van der Waals surface area (Å²) in [6.07, 6.45) is 2.08. The third-order valence-corrected chi connectivity index (χ3v) is 2.82. The Kier molecular flexibility index (Phi) is 2.33. The first-order valence-corrected chi connectivity index (χ1v) is 5.42. The smallest absolute Gasteiger partial charge is 0.228 e. The summed E-state index contributed by atoms with van der Waals surface area (Å²) in [5.41, 5.74) is 0.966. The van der Waals surface area contributed by atoms with Crippen LogP contribution in [0.25, 0.3) is 0 Å². The predicted octanol–water partition coefficient (Wildman–Crippen LogP) is 1.88. The molecule has 0 N–H and O–H groups in total. The maximum atomic E-state index is 12.1. The van der Waals surface area contributed by atoms with Crippen LogP contribution in [0.5, 0.6) is 0 Å². The van der Waals surface area contributed by atoms with Crippen LogP contribution in [0.3, 0.4) is 0 Å². The van der Waals surface area contributed by atoms with Gasteiger partial charge in [-0.25, -0.2) is 0 Å². The van der Waals surface area contributed by atoms with Gasteiger partial charge in [0.1, 0.15) is 0 Å². The normalized spacial score (nSPS) is 16.3. The molecule has 82 valence electrons. The van der Waals surface area contributed by atoms with Crippen molar-refractivity contribution in [3.05, 3.63) is 24.0 Å². The molecule has 1 amide bonds. The van der Waals surface area contributed by atoms with Crippen molar-refractivity contribution in [3.63, 3.8) is 0 Å². The number of carbonyl (C=O) groups excluding carboxylic acids is 1. The van der Waals surface area contributed by atoms with Crippen LogP contribution in [0.1, 0.15) is 26.5 Å². The van der Waals surface area contributed by atoms with Gasteiger partial charge in [0, 0.05) is 30.4 Å². The molecule has 0 atom stereocenters. The summed E-state index contributed by atoms with van der Waals surface area (Å²) < 4.78 is 2.21. The molecule has 1 aromatic rings. The monoisotopic (exact) mass is 206 g/mol. The van der Waals surface area contributed by atoms with Crippen molar-refractivity contribution in [2.75, 3.05) is 6.54 Å². The van der Waals surface area contributed by atoms with Gasteiger partial charge in [-0.1, -0.05) is 20.8 Å². The average Bonchev–Trinajstić information content (AvgIpc) is 2.61. The van der Waals surface area contributed by atoms with Gasteiger partial charge in [0.15, 0.2) is 0 Å². The maximum absolute atomic E-state index is 12.1. The number of carbonyl (C=O) groups is 1. The van der Waals surface area contributed by atoms with Crippen LogP contribution < -0.4 is 0 Å². The minimum absolute atomic E-state index is 0.245. The Morgan fingerprint density at radius 1 is 1.33 bits per heavy atom. The van der Waals surface area contributed by atoms with Gasteiger partial charge >= 0.3 is 0 Å². The molecule has 2 rings (SSSR count). The van der Waals surface area contributed by atoms with E-state index in [2.05, 4.69) is 16.8 Å². The maximum Gasteiger partial charge on any atom is 0.228 e. The Hall–Kier alpha value is -1.25. The van der Waals surface area contributed by atoms with Crippen LogP contribution in [0.15, 0.2) is 18.3 Å². The summed E-state index contributed by atoms with van der Waals surface area (Å²) in [6, 6.07) is 4.13. The van der Waals surface area contributed by atoms with Crippen molar-refractivity contribution in [2.45, 2.75) is 33.9 Å². The van der Waals surface area contributed by atoms with E-state index in [0.29, 0.717) is 0 Å². The molecule has 0 radical (unpaired) electrons. The van der Waals surface area contributed by atoms with E-state index in [4.69, 9.17) is 0 Å². The van der Waals surface area contributed by atoms with E-state index < -0.39 is 0 Å². The van der Waals surface area contributed by atoms with Crippen molar-refractivity contribution in [2.24, 2.45) is 5.41 Å². The van der Waals surface area contributed by atoms with Crippen molar-refractivity contribution in [3.8, 4) is 0 Å². The molecule has 0 aromatic carbocycles. The highest BCUT2D eigenvalue weighted by Gasteiger charge is 2.29. The zero-order valence-electron chi connectivity index (χ0n) is 9.66. The minimum Gasteiger partial charge on any atom is -0.348 e. The SMILES string of the molecule is CC(C)(C)C(=O)N1CCn2cccc2C1. The first-order valence-electron chi connectivity index (χ1n) is 5.42. The number of hydrogen-bond acceptors (Lipinski definition) is 1. The van der Waals surface area contributed by atoms with E-state index in [1.807, 2.05) is 31.7 Å².